The maximum atomic E-state index is 13.4. The van der Waals surface area contributed by atoms with Crippen LogP contribution in [0.5, 0.6) is 0 Å². The summed E-state index contributed by atoms with van der Waals surface area (Å²) in [5, 5.41) is 0. The van der Waals surface area contributed by atoms with Crippen molar-refractivity contribution >= 4 is 20.8 Å². The molecule has 0 aliphatic carbocycles. The Morgan fingerprint density at radius 1 is 1.20 bits per heavy atom. The van der Waals surface area contributed by atoms with Crippen molar-refractivity contribution < 1.29 is 30.2 Å². The lowest BCUT2D eigenvalue weighted by molar-refractivity contribution is 0.417. The zero-order valence-corrected chi connectivity index (χ0v) is 12.0. The molecule has 0 fully saturated rings. The van der Waals surface area contributed by atoms with Gasteiger partial charge in [-0.05, 0) is 6.92 Å². The van der Waals surface area contributed by atoms with Gasteiger partial charge < -0.3 is 0 Å². The van der Waals surface area contributed by atoms with E-state index >= 15 is 0 Å². The Kier molecular flexibility index (Phi) is 5.27. The maximum absolute atomic E-state index is 13.4. The molecule has 0 aliphatic heterocycles. The Morgan fingerprint density at radius 2 is 1.65 bits per heavy atom. The van der Waals surface area contributed by atoms with Gasteiger partial charge in [0.05, 0.1) is 0 Å². The minimum Gasteiger partial charge on any atom is -0.260 e. The molecule has 0 heterocycles. The van der Waals surface area contributed by atoms with E-state index in [1.165, 1.54) is 13.2 Å². The molecule has 2 atom stereocenters. The third kappa shape index (κ3) is 3.76. The lowest BCUT2D eigenvalue weighted by Gasteiger charge is -2.14. The normalized spacial score (nSPS) is 15.1. The van der Waals surface area contributed by atoms with Crippen molar-refractivity contribution in [3.63, 3.8) is 0 Å². The number of rotatable bonds is 5. The lowest BCUT2D eigenvalue weighted by atomic mass is 10.3. The van der Waals surface area contributed by atoms with E-state index in [-0.39, 0.29) is 11.8 Å². The van der Waals surface area contributed by atoms with Gasteiger partial charge in [-0.3, -0.25) is 4.21 Å². The summed E-state index contributed by atoms with van der Waals surface area (Å²) in [7, 11) is -6.19. The number of hydrogen-bond donors (Lipinski definition) is 1. The van der Waals surface area contributed by atoms with Crippen LogP contribution in [0.4, 0.5) is 17.6 Å². The van der Waals surface area contributed by atoms with Crippen molar-refractivity contribution in [2.24, 2.45) is 0 Å². The van der Waals surface area contributed by atoms with E-state index in [0.29, 0.717) is 0 Å². The Balaban J connectivity index is 3.26. The zero-order valence-electron chi connectivity index (χ0n) is 10.4. The van der Waals surface area contributed by atoms with Crippen molar-refractivity contribution in [1.82, 2.24) is 4.72 Å². The second kappa shape index (κ2) is 6.19. The fourth-order valence-corrected chi connectivity index (χ4v) is 3.79. The van der Waals surface area contributed by atoms with E-state index in [2.05, 4.69) is 0 Å². The molecular formula is C10H11F4NO3S2. The monoisotopic (exact) mass is 333 g/mol. The highest BCUT2D eigenvalue weighted by Crippen LogP contribution is 2.23. The van der Waals surface area contributed by atoms with Crippen molar-refractivity contribution in [1.29, 1.82) is 0 Å². The minimum absolute atomic E-state index is 0.0891. The van der Waals surface area contributed by atoms with Crippen molar-refractivity contribution in [3.05, 3.63) is 29.3 Å². The van der Waals surface area contributed by atoms with Gasteiger partial charge in [0.1, 0.15) is 0 Å². The van der Waals surface area contributed by atoms with Crippen LogP contribution in [-0.2, 0) is 20.8 Å². The molecule has 1 N–H and O–H groups in total. The second-order valence-corrected chi connectivity index (χ2v) is 7.19. The van der Waals surface area contributed by atoms with Gasteiger partial charge in [-0.25, -0.2) is 30.7 Å². The van der Waals surface area contributed by atoms with Crippen LogP contribution in [0.1, 0.15) is 6.92 Å². The molecule has 1 aromatic carbocycles. The molecule has 0 aromatic heterocycles. The van der Waals surface area contributed by atoms with E-state index < -0.39 is 55.0 Å². The van der Waals surface area contributed by atoms with E-state index in [1.54, 1.807) is 4.72 Å². The summed E-state index contributed by atoms with van der Waals surface area (Å²) in [6, 6.07) is -1.02. The molecule has 20 heavy (non-hydrogen) atoms. The minimum atomic E-state index is -4.83. The summed E-state index contributed by atoms with van der Waals surface area (Å²) in [6.45, 7) is 1.30. The quantitative estimate of drug-likeness (QED) is 0.652. The average Bonchev–Trinajstić information content (AvgIpc) is 2.24. The molecule has 1 rings (SSSR count). The zero-order chi connectivity index (χ0) is 15.7. The Labute approximate surface area is 115 Å². The summed E-state index contributed by atoms with van der Waals surface area (Å²) >= 11 is 0. The van der Waals surface area contributed by atoms with Gasteiger partial charge >= 0.3 is 0 Å². The molecular weight excluding hydrogens is 322 g/mol. The average molecular weight is 333 g/mol. The molecule has 0 amide bonds. The van der Waals surface area contributed by atoms with Gasteiger partial charge in [0, 0.05) is 34.9 Å². The summed E-state index contributed by atoms with van der Waals surface area (Å²) in [5.41, 5.74) is 0. The van der Waals surface area contributed by atoms with Crippen molar-refractivity contribution in [3.8, 4) is 0 Å². The number of nitrogens with one attached hydrogen (secondary N) is 1. The van der Waals surface area contributed by atoms with Gasteiger partial charge in [0.15, 0.2) is 28.2 Å². The highest BCUT2D eigenvalue weighted by molar-refractivity contribution is 7.89. The van der Waals surface area contributed by atoms with Gasteiger partial charge in [-0.2, -0.15) is 0 Å². The molecule has 0 aliphatic rings. The molecule has 0 saturated carbocycles. The van der Waals surface area contributed by atoms with Crippen LogP contribution >= 0.6 is 0 Å². The number of hydrogen-bond acceptors (Lipinski definition) is 3. The molecule has 4 nitrogen and oxygen atoms in total. The number of sulfonamides is 1. The first-order chi connectivity index (χ1) is 9.06. The molecule has 10 heteroatoms. The Hall–Kier alpha value is -1.00. The highest BCUT2D eigenvalue weighted by atomic mass is 32.2. The number of halogens is 4. The maximum Gasteiger partial charge on any atom is 0.246 e. The standard InChI is InChI=1S/C10H11F4NO3S2/c1-5(4-19(2)16)15-20(17,18)10-8(13)6(11)3-7(12)9(10)14/h3,5,15H,4H2,1-2H3/t5-,19+/m1/s1. The van der Waals surface area contributed by atoms with Crippen LogP contribution in [0, 0.1) is 23.3 Å². The largest absolute Gasteiger partial charge is 0.260 e. The van der Waals surface area contributed by atoms with Crippen LogP contribution < -0.4 is 4.72 Å². The molecule has 114 valence electrons. The summed E-state index contributed by atoms with van der Waals surface area (Å²) in [4.78, 5) is -1.73. The first kappa shape index (κ1) is 17.1. The van der Waals surface area contributed by atoms with E-state index in [0.717, 1.165) is 0 Å². The van der Waals surface area contributed by atoms with Gasteiger partial charge in [0.25, 0.3) is 0 Å². The Morgan fingerprint density at radius 3 is 2.05 bits per heavy atom. The molecule has 0 radical (unpaired) electrons. The topological polar surface area (TPSA) is 63.2 Å². The van der Waals surface area contributed by atoms with Crippen molar-refractivity contribution in [2.45, 2.75) is 17.9 Å². The SMILES string of the molecule is C[C@H](C[S@](C)=O)NS(=O)(=O)c1c(F)c(F)cc(F)c1F. The second-order valence-electron chi connectivity index (χ2n) is 4.06. The number of benzene rings is 1. The van der Waals surface area contributed by atoms with Crippen LogP contribution in [0.15, 0.2) is 11.0 Å². The van der Waals surface area contributed by atoms with Crippen LogP contribution in [0.2, 0.25) is 0 Å². The van der Waals surface area contributed by atoms with Gasteiger partial charge in [0.2, 0.25) is 10.0 Å². The predicted molar refractivity (Wildman–Crippen MR) is 65.0 cm³/mol. The lowest BCUT2D eigenvalue weighted by Crippen LogP contribution is -2.37. The Bertz CT molecular complexity index is 622. The van der Waals surface area contributed by atoms with Crippen LogP contribution in [0.3, 0.4) is 0 Å². The summed E-state index contributed by atoms with van der Waals surface area (Å²) in [6.07, 6.45) is 1.30. The van der Waals surface area contributed by atoms with E-state index in [1.807, 2.05) is 0 Å². The molecule has 0 spiro atoms. The highest BCUT2D eigenvalue weighted by Gasteiger charge is 2.30. The van der Waals surface area contributed by atoms with E-state index in [9.17, 15) is 30.2 Å². The molecule has 1 aromatic rings. The predicted octanol–water partition coefficient (Wildman–Crippen LogP) is 1.29. The molecule has 0 unspecified atom stereocenters. The molecule has 0 bridgehead atoms. The smallest absolute Gasteiger partial charge is 0.246 e. The third-order valence-corrected chi connectivity index (χ3v) is 4.76. The first-order valence-electron chi connectivity index (χ1n) is 5.21. The first-order valence-corrected chi connectivity index (χ1v) is 8.42. The van der Waals surface area contributed by atoms with Gasteiger partial charge in [-0.15, -0.1) is 0 Å². The summed E-state index contributed by atoms with van der Waals surface area (Å²) in [5.74, 6) is -7.80. The van der Waals surface area contributed by atoms with Gasteiger partial charge in [-0.1, -0.05) is 0 Å². The van der Waals surface area contributed by atoms with Crippen molar-refractivity contribution in [2.75, 3.05) is 12.0 Å². The van der Waals surface area contributed by atoms with E-state index in [4.69, 9.17) is 0 Å². The van der Waals surface area contributed by atoms with Crippen LogP contribution in [-0.4, -0.2) is 30.7 Å². The van der Waals surface area contributed by atoms with Crippen LogP contribution in [0.25, 0.3) is 0 Å². The fraction of sp³-hybridized carbons (Fsp3) is 0.400. The molecule has 0 saturated heterocycles. The summed E-state index contributed by atoms with van der Waals surface area (Å²) < 4.78 is 89.0. The third-order valence-electron chi connectivity index (χ3n) is 2.18. The fourth-order valence-electron chi connectivity index (χ4n) is 1.50.